The lowest BCUT2D eigenvalue weighted by Crippen LogP contribution is -2.41. The summed E-state index contributed by atoms with van der Waals surface area (Å²) in [6.45, 7) is 1.86. The van der Waals surface area contributed by atoms with Crippen LogP contribution in [0.3, 0.4) is 0 Å². The molecule has 1 saturated heterocycles. The highest BCUT2D eigenvalue weighted by molar-refractivity contribution is 9.09. The van der Waals surface area contributed by atoms with Crippen LogP contribution in [0.15, 0.2) is 36.4 Å². The molecule has 2 aromatic carbocycles. The van der Waals surface area contributed by atoms with Crippen LogP contribution in [0.5, 0.6) is 0 Å². The molecule has 1 aliphatic rings. The first-order chi connectivity index (χ1) is 11.1. The van der Waals surface area contributed by atoms with Crippen LogP contribution in [-0.4, -0.2) is 44.4 Å². The molecule has 1 aliphatic heterocycles. The summed E-state index contributed by atoms with van der Waals surface area (Å²) in [5.74, 6) is 0.0477. The Morgan fingerprint density at radius 3 is 2.26 bits per heavy atom. The van der Waals surface area contributed by atoms with Crippen molar-refractivity contribution in [1.82, 2.24) is 4.31 Å². The first kappa shape index (κ1) is 16.9. The van der Waals surface area contributed by atoms with Crippen LogP contribution in [0.25, 0.3) is 10.8 Å². The van der Waals surface area contributed by atoms with Crippen LogP contribution in [0.4, 0.5) is 0 Å². The van der Waals surface area contributed by atoms with Gasteiger partial charge in [-0.25, -0.2) is 8.42 Å². The second-order valence-electron chi connectivity index (χ2n) is 5.72. The van der Waals surface area contributed by atoms with E-state index in [1.807, 2.05) is 18.2 Å². The molecule has 2 aromatic rings. The van der Waals surface area contributed by atoms with Crippen molar-refractivity contribution >= 4 is 36.7 Å². The normalized spacial score (nSPS) is 16.7. The number of aryl methyl sites for hydroxylation is 1. The van der Waals surface area contributed by atoms with Gasteiger partial charge in [0.25, 0.3) is 0 Å². The fourth-order valence-electron chi connectivity index (χ4n) is 2.83. The molecule has 23 heavy (non-hydrogen) atoms. The van der Waals surface area contributed by atoms with Crippen molar-refractivity contribution in [2.24, 2.45) is 0 Å². The summed E-state index contributed by atoms with van der Waals surface area (Å²) < 4.78 is 31.7. The average Bonchev–Trinajstić information content (AvgIpc) is 2.56. The number of rotatable bonds is 5. The van der Waals surface area contributed by atoms with Gasteiger partial charge in [0.15, 0.2) is 0 Å². The van der Waals surface area contributed by atoms with Crippen molar-refractivity contribution in [1.29, 1.82) is 0 Å². The summed E-state index contributed by atoms with van der Waals surface area (Å²) in [5.41, 5.74) is 2.11. The van der Waals surface area contributed by atoms with Gasteiger partial charge < -0.3 is 4.74 Å². The molecule has 3 rings (SSSR count). The third kappa shape index (κ3) is 4.12. The van der Waals surface area contributed by atoms with Crippen LogP contribution >= 0.6 is 15.9 Å². The van der Waals surface area contributed by atoms with Crippen LogP contribution in [0.1, 0.15) is 11.1 Å². The Morgan fingerprint density at radius 1 is 1.00 bits per heavy atom. The van der Waals surface area contributed by atoms with E-state index < -0.39 is 10.0 Å². The molecule has 124 valence electrons. The molecule has 0 aromatic heterocycles. The molecule has 0 unspecified atom stereocenters. The standard InChI is InChI=1S/C17H20BrNO3S/c18-6-5-14-1-3-17-12-15(2-4-16(17)11-14)13-23(20,21)19-7-9-22-10-8-19/h1-4,11-12H,5-10,13H2. The average molecular weight is 398 g/mol. The first-order valence-electron chi connectivity index (χ1n) is 7.71. The van der Waals surface area contributed by atoms with Gasteiger partial charge in [0.1, 0.15) is 0 Å². The van der Waals surface area contributed by atoms with E-state index in [1.54, 1.807) is 0 Å². The van der Waals surface area contributed by atoms with Crippen LogP contribution in [0.2, 0.25) is 0 Å². The van der Waals surface area contributed by atoms with Gasteiger partial charge in [0.05, 0.1) is 19.0 Å². The molecule has 0 bridgehead atoms. The van der Waals surface area contributed by atoms with Gasteiger partial charge in [0.2, 0.25) is 10.0 Å². The summed E-state index contributed by atoms with van der Waals surface area (Å²) in [4.78, 5) is 0. The lowest BCUT2D eigenvalue weighted by atomic mass is 10.0. The Morgan fingerprint density at radius 2 is 1.61 bits per heavy atom. The lowest BCUT2D eigenvalue weighted by molar-refractivity contribution is 0.0729. The number of benzene rings is 2. The zero-order chi connectivity index (χ0) is 16.3. The number of fused-ring (bicyclic) bond motifs is 1. The molecule has 1 heterocycles. The van der Waals surface area contributed by atoms with E-state index in [0.29, 0.717) is 26.3 Å². The Labute approximate surface area is 145 Å². The topological polar surface area (TPSA) is 46.6 Å². The van der Waals surface area contributed by atoms with E-state index in [9.17, 15) is 8.42 Å². The number of nitrogens with zero attached hydrogens (tertiary/aromatic N) is 1. The fourth-order valence-corrected chi connectivity index (χ4v) is 4.77. The lowest BCUT2D eigenvalue weighted by Gasteiger charge is -2.26. The van der Waals surface area contributed by atoms with Gasteiger partial charge in [-0.15, -0.1) is 0 Å². The highest BCUT2D eigenvalue weighted by atomic mass is 79.9. The molecule has 1 fully saturated rings. The van der Waals surface area contributed by atoms with E-state index in [0.717, 1.165) is 28.1 Å². The van der Waals surface area contributed by atoms with Crippen LogP contribution in [-0.2, 0) is 26.9 Å². The van der Waals surface area contributed by atoms with Crippen LogP contribution < -0.4 is 0 Å². The SMILES string of the molecule is O=S(=O)(Cc1ccc2cc(CCBr)ccc2c1)N1CCOCC1. The first-order valence-corrected chi connectivity index (χ1v) is 10.4. The number of morpholine rings is 1. The minimum Gasteiger partial charge on any atom is -0.379 e. The third-order valence-corrected chi connectivity index (χ3v) is 6.31. The molecular formula is C17H20BrNO3S. The number of hydrogen-bond donors (Lipinski definition) is 0. The van der Waals surface area contributed by atoms with E-state index >= 15 is 0 Å². The van der Waals surface area contributed by atoms with Crippen LogP contribution in [0, 0.1) is 0 Å². The predicted molar refractivity (Wildman–Crippen MR) is 96.5 cm³/mol. The number of sulfonamides is 1. The highest BCUT2D eigenvalue weighted by Crippen LogP contribution is 2.21. The minimum atomic E-state index is -3.27. The molecule has 0 radical (unpaired) electrons. The maximum absolute atomic E-state index is 12.5. The molecule has 0 amide bonds. The second-order valence-corrected chi connectivity index (χ2v) is 8.48. The monoisotopic (exact) mass is 397 g/mol. The Bertz CT molecular complexity index is 786. The van der Waals surface area contributed by atoms with E-state index in [4.69, 9.17) is 4.74 Å². The molecule has 0 spiro atoms. The predicted octanol–water partition coefficient (Wildman–Crippen LogP) is 2.94. The molecule has 0 saturated carbocycles. The van der Waals surface area contributed by atoms with Crippen molar-refractivity contribution in [3.63, 3.8) is 0 Å². The minimum absolute atomic E-state index is 0.0477. The van der Waals surface area contributed by atoms with Gasteiger partial charge >= 0.3 is 0 Å². The summed E-state index contributed by atoms with van der Waals surface area (Å²) >= 11 is 3.45. The fraction of sp³-hybridized carbons (Fsp3) is 0.412. The zero-order valence-corrected chi connectivity index (χ0v) is 15.3. The maximum Gasteiger partial charge on any atom is 0.218 e. The van der Waals surface area contributed by atoms with E-state index in [-0.39, 0.29) is 5.75 Å². The van der Waals surface area contributed by atoms with Crippen molar-refractivity contribution in [3.8, 4) is 0 Å². The molecule has 6 heteroatoms. The largest absolute Gasteiger partial charge is 0.379 e. The molecule has 0 N–H and O–H groups in total. The second kappa shape index (κ2) is 7.30. The third-order valence-electron chi connectivity index (χ3n) is 4.06. The highest BCUT2D eigenvalue weighted by Gasteiger charge is 2.24. The Hall–Kier alpha value is -0.950. The van der Waals surface area contributed by atoms with Crippen molar-refractivity contribution < 1.29 is 13.2 Å². The zero-order valence-electron chi connectivity index (χ0n) is 12.9. The molecule has 0 aliphatic carbocycles. The smallest absolute Gasteiger partial charge is 0.218 e. The van der Waals surface area contributed by atoms with Crippen molar-refractivity contribution in [2.75, 3.05) is 31.6 Å². The summed E-state index contributed by atoms with van der Waals surface area (Å²) in [6.07, 6.45) is 0.989. The number of alkyl halides is 1. The molecule has 4 nitrogen and oxygen atoms in total. The Balaban J connectivity index is 1.81. The van der Waals surface area contributed by atoms with Gasteiger partial charge in [-0.2, -0.15) is 4.31 Å². The number of ether oxygens (including phenoxy) is 1. The number of hydrogen-bond acceptors (Lipinski definition) is 3. The summed E-state index contributed by atoms with van der Waals surface area (Å²) in [7, 11) is -3.27. The summed E-state index contributed by atoms with van der Waals surface area (Å²) in [5, 5.41) is 3.17. The molecular weight excluding hydrogens is 378 g/mol. The van der Waals surface area contributed by atoms with Gasteiger partial charge in [-0.05, 0) is 28.3 Å². The van der Waals surface area contributed by atoms with Gasteiger partial charge in [-0.3, -0.25) is 0 Å². The maximum atomic E-state index is 12.5. The van der Waals surface area contributed by atoms with E-state index in [1.165, 1.54) is 9.87 Å². The van der Waals surface area contributed by atoms with Gasteiger partial charge in [0, 0.05) is 18.4 Å². The number of halogens is 1. The molecule has 0 atom stereocenters. The van der Waals surface area contributed by atoms with E-state index in [2.05, 4.69) is 34.1 Å². The Kier molecular flexibility index (Phi) is 5.36. The van der Waals surface area contributed by atoms with Gasteiger partial charge in [-0.1, -0.05) is 52.3 Å². The van der Waals surface area contributed by atoms with Crippen molar-refractivity contribution in [3.05, 3.63) is 47.5 Å². The van der Waals surface area contributed by atoms with Crippen molar-refractivity contribution in [2.45, 2.75) is 12.2 Å². The quantitative estimate of drug-likeness (QED) is 0.728. The summed E-state index contributed by atoms with van der Waals surface area (Å²) in [6, 6.07) is 12.2.